The van der Waals surface area contributed by atoms with E-state index in [1.165, 1.54) is 16.4 Å². The van der Waals surface area contributed by atoms with Gasteiger partial charge in [0, 0.05) is 16.1 Å². The van der Waals surface area contributed by atoms with Gasteiger partial charge in [-0.1, -0.05) is 11.2 Å². The van der Waals surface area contributed by atoms with Crippen LogP contribution >= 0.6 is 23.5 Å². The number of nitrogens with one attached hydrogen (secondary N) is 1. The maximum absolute atomic E-state index is 12.7. The van der Waals surface area contributed by atoms with Crippen LogP contribution in [0.2, 0.25) is 0 Å². The minimum Gasteiger partial charge on any atom is -0.493 e. The van der Waals surface area contributed by atoms with Gasteiger partial charge in [-0.15, -0.1) is 23.5 Å². The van der Waals surface area contributed by atoms with Gasteiger partial charge in [0.25, 0.3) is 5.89 Å². The number of aromatic nitrogens is 4. The predicted octanol–water partition coefficient (Wildman–Crippen LogP) is 4.28. The van der Waals surface area contributed by atoms with Crippen LogP contribution in [-0.2, 0) is 11.3 Å². The molecule has 35 heavy (non-hydrogen) atoms. The maximum Gasteiger partial charge on any atom is 0.264 e. The molecule has 0 radical (unpaired) electrons. The molecule has 2 heterocycles. The largest absolute Gasteiger partial charge is 0.493 e. The summed E-state index contributed by atoms with van der Waals surface area (Å²) in [5, 5.41) is 12.0. The van der Waals surface area contributed by atoms with E-state index in [-0.39, 0.29) is 24.2 Å². The van der Waals surface area contributed by atoms with E-state index in [1.54, 1.807) is 44.2 Å². The van der Waals surface area contributed by atoms with Gasteiger partial charge in [-0.25, -0.2) is 4.68 Å². The van der Waals surface area contributed by atoms with E-state index >= 15 is 0 Å². The first-order valence-electron chi connectivity index (χ1n) is 10.4. The summed E-state index contributed by atoms with van der Waals surface area (Å²) in [4.78, 5) is 18.2. The Morgan fingerprint density at radius 3 is 2.63 bits per heavy atom. The Bertz CT molecular complexity index is 1350. The van der Waals surface area contributed by atoms with E-state index in [9.17, 15) is 4.79 Å². The highest BCUT2D eigenvalue weighted by atomic mass is 32.2. The number of benzene rings is 2. The first-order chi connectivity index (χ1) is 17.0. The fraction of sp³-hybridized carbons (Fsp3) is 0.217. The van der Waals surface area contributed by atoms with E-state index < -0.39 is 0 Å². The molecule has 1 amide bonds. The Balaban J connectivity index is 1.58. The molecule has 12 heteroatoms. The van der Waals surface area contributed by atoms with Gasteiger partial charge < -0.3 is 25.0 Å². The quantitative estimate of drug-likeness (QED) is 0.313. The van der Waals surface area contributed by atoms with Crippen LogP contribution in [0.5, 0.6) is 11.5 Å². The van der Waals surface area contributed by atoms with Crippen molar-refractivity contribution in [3.8, 4) is 34.3 Å². The van der Waals surface area contributed by atoms with Crippen LogP contribution in [0.25, 0.3) is 22.8 Å². The Kier molecular flexibility index (Phi) is 7.51. The average Bonchev–Trinajstić information content (AvgIpc) is 3.48. The van der Waals surface area contributed by atoms with E-state index in [0.717, 1.165) is 4.90 Å². The number of hydrogen-bond donors (Lipinski definition) is 2. The lowest BCUT2D eigenvalue weighted by Crippen LogP contribution is -2.20. The summed E-state index contributed by atoms with van der Waals surface area (Å²) in [6, 6.07) is 12.9. The highest BCUT2D eigenvalue weighted by Crippen LogP contribution is 2.36. The molecular weight excluding hydrogens is 488 g/mol. The first-order valence-corrected chi connectivity index (χ1v) is 12.8. The third-order valence-electron chi connectivity index (χ3n) is 5.08. The summed E-state index contributed by atoms with van der Waals surface area (Å²) in [5.74, 6) is 1.69. The van der Waals surface area contributed by atoms with Crippen LogP contribution in [0.4, 0.5) is 11.5 Å². The van der Waals surface area contributed by atoms with Crippen LogP contribution in [0, 0.1) is 0 Å². The number of ether oxygens (including phenoxy) is 2. The monoisotopic (exact) mass is 512 g/mol. The summed E-state index contributed by atoms with van der Waals surface area (Å²) in [6.45, 7) is -0.0699. The number of nitrogen functional groups attached to an aromatic ring is 1. The van der Waals surface area contributed by atoms with Gasteiger partial charge in [0.1, 0.15) is 23.0 Å². The van der Waals surface area contributed by atoms with Crippen LogP contribution in [0.1, 0.15) is 0 Å². The zero-order chi connectivity index (χ0) is 24.9. The molecule has 0 fully saturated rings. The minimum atomic E-state index is -0.256. The van der Waals surface area contributed by atoms with Gasteiger partial charge in [-0.3, -0.25) is 4.79 Å². The van der Waals surface area contributed by atoms with Crippen molar-refractivity contribution in [1.29, 1.82) is 0 Å². The van der Waals surface area contributed by atoms with Gasteiger partial charge in [-0.2, -0.15) is 10.1 Å². The fourth-order valence-corrected chi connectivity index (χ4v) is 4.41. The van der Waals surface area contributed by atoms with Crippen molar-refractivity contribution in [2.45, 2.75) is 16.5 Å². The lowest BCUT2D eigenvalue weighted by molar-refractivity contribution is -0.116. The molecular formula is C23H24N6O4S2. The molecule has 0 saturated heterocycles. The number of nitrogens with two attached hydrogens (primary N) is 1. The van der Waals surface area contributed by atoms with E-state index in [1.807, 2.05) is 36.8 Å². The number of anilines is 2. The second kappa shape index (κ2) is 10.7. The van der Waals surface area contributed by atoms with E-state index in [0.29, 0.717) is 39.2 Å². The predicted molar refractivity (Wildman–Crippen MR) is 137 cm³/mol. The van der Waals surface area contributed by atoms with Gasteiger partial charge in [-0.05, 0) is 48.9 Å². The van der Waals surface area contributed by atoms with Crippen molar-refractivity contribution in [3.63, 3.8) is 0 Å². The normalized spacial score (nSPS) is 10.9. The number of methoxy groups -OCH3 is 2. The topological polar surface area (TPSA) is 130 Å². The van der Waals surface area contributed by atoms with Crippen LogP contribution < -0.4 is 20.5 Å². The summed E-state index contributed by atoms with van der Waals surface area (Å²) in [7, 11) is 3.12. The van der Waals surface area contributed by atoms with Gasteiger partial charge in [0.2, 0.25) is 11.7 Å². The SMILES string of the molecule is COc1ccc(-c2noc(-c3c(SC)nn(CC(=O)Nc4cccc(SC)c4)c3N)n2)cc1OC. The summed E-state index contributed by atoms with van der Waals surface area (Å²) < 4.78 is 17.6. The van der Waals surface area contributed by atoms with Crippen molar-refractivity contribution in [1.82, 2.24) is 19.9 Å². The molecule has 4 rings (SSSR count). The number of hydrogen-bond acceptors (Lipinski definition) is 10. The molecule has 0 aliphatic rings. The molecule has 182 valence electrons. The summed E-state index contributed by atoms with van der Waals surface area (Å²) in [5.41, 5.74) is 8.24. The van der Waals surface area contributed by atoms with E-state index in [4.69, 9.17) is 19.7 Å². The lowest BCUT2D eigenvalue weighted by Gasteiger charge is -2.08. The zero-order valence-electron chi connectivity index (χ0n) is 19.6. The Hall–Kier alpha value is -3.64. The number of thioether (sulfide) groups is 2. The first kappa shape index (κ1) is 24.5. The number of rotatable bonds is 9. The number of carbonyl (C=O) groups excluding carboxylic acids is 1. The van der Waals surface area contributed by atoms with Crippen LogP contribution in [0.3, 0.4) is 0 Å². The Morgan fingerprint density at radius 1 is 1.11 bits per heavy atom. The standard InChI is InChI=1S/C23H24N6O4S2/c1-31-16-9-8-13(10-17(16)32-2)21-26-22(33-28-21)19-20(24)29(27-23(19)35-4)12-18(30)25-14-6-5-7-15(11-14)34-3/h5-11H,12,24H2,1-4H3,(H,25,30). The minimum absolute atomic E-state index is 0.0699. The third kappa shape index (κ3) is 5.23. The highest BCUT2D eigenvalue weighted by molar-refractivity contribution is 7.98. The van der Waals surface area contributed by atoms with Crippen molar-refractivity contribution in [3.05, 3.63) is 42.5 Å². The highest BCUT2D eigenvalue weighted by Gasteiger charge is 2.24. The van der Waals surface area contributed by atoms with Crippen LogP contribution in [-0.4, -0.2) is 52.6 Å². The van der Waals surface area contributed by atoms with Gasteiger partial charge in [0.15, 0.2) is 11.5 Å². The van der Waals surface area contributed by atoms with Gasteiger partial charge in [0.05, 0.1) is 14.2 Å². The zero-order valence-corrected chi connectivity index (χ0v) is 21.2. The molecule has 2 aromatic carbocycles. The van der Waals surface area contributed by atoms with Gasteiger partial charge >= 0.3 is 0 Å². The summed E-state index contributed by atoms with van der Waals surface area (Å²) in [6.07, 6.45) is 3.83. The van der Waals surface area contributed by atoms with Crippen LogP contribution in [0.15, 0.2) is 56.9 Å². The molecule has 0 aliphatic heterocycles. The molecule has 0 spiro atoms. The smallest absolute Gasteiger partial charge is 0.264 e. The Morgan fingerprint density at radius 2 is 1.91 bits per heavy atom. The molecule has 4 aromatic rings. The molecule has 0 unspecified atom stereocenters. The fourth-order valence-electron chi connectivity index (χ4n) is 3.37. The molecule has 0 bridgehead atoms. The second-order valence-electron chi connectivity index (χ2n) is 7.20. The molecule has 2 aromatic heterocycles. The molecule has 0 atom stereocenters. The van der Waals surface area contributed by atoms with Crippen molar-refractivity contribution < 1.29 is 18.8 Å². The number of amides is 1. The number of nitrogens with zero attached hydrogens (tertiary/aromatic N) is 4. The number of carbonyl (C=O) groups is 1. The molecule has 0 aliphatic carbocycles. The third-order valence-corrected chi connectivity index (χ3v) is 6.48. The van der Waals surface area contributed by atoms with Crippen molar-refractivity contribution in [2.75, 3.05) is 37.8 Å². The second-order valence-corrected chi connectivity index (χ2v) is 8.87. The van der Waals surface area contributed by atoms with Crippen molar-refractivity contribution >= 4 is 40.9 Å². The van der Waals surface area contributed by atoms with E-state index in [2.05, 4.69) is 20.6 Å². The Labute approximate surface area is 210 Å². The lowest BCUT2D eigenvalue weighted by atomic mass is 10.2. The molecule has 3 N–H and O–H groups in total. The molecule has 0 saturated carbocycles. The van der Waals surface area contributed by atoms with Crippen molar-refractivity contribution in [2.24, 2.45) is 0 Å². The summed E-state index contributed by atoms with van der Waals surface area (Å²) >= 11 is 2.96. The average molecular weight is 513 g/mol. The molecule has 10 nitrogen and oxygen atoms in total. The maximum atomic E-state index is 12.7.